The number of carboxylic acid groups (broad SMARTS) is 1. The van der Waals surface area contributed by atoms with E-state index >= 15 is 0 Å². The van der Waals surface area contributed by atoms with Crippen molar-refractivity contribution in [3.63, 3.8) is 0 Å². The SMILES string of the molecule is C=C(/C=C\C)COc1cc(/C=C/CCC)cc(CC(=O)O)c1. The van der Waals surface area contributed by atoms with Gasteiger partial charge in [-0.05, 0) is 42.2 Å². The molecule has 0 saturated carbocycles. The topological polar surface area (TPSA) is 46.5 Å². The van der Waals surface area contributed by atoms with Gasteiger partial charge in [-0.15, -0.1) is 0 Å². The van der Waals surface area contributed by atoms with Gasteiger partial charge in [0.05, 0.1) is 6.42 Å². The van der Waals surface area contributed by atoms with Gasteiger partial charge in [-0.2, -0.15) is 0 Å². The third kappa shape index (κ3) is 6.93. The Morgan fingerprint density at radius 1 is 1.36 bits per heavy atom. The molecule has 0 aliphatic rings. The van der Waals surface area contributed by atoms with E-state index in [1.54, 1.807) is 6.07 Å². The van der Waals surface area contributed by atoms with Crippen LogP contribution in [-0.2, 0) is 11.2 Å². The summed E-state index contributed by atoms with van der Waals surface area (Å²) in [7, 11) is 0. The van der Waals surface area contributed by atoms with Crippen molar-refractivity contribution in [3.05, 3.63) is 59.7 Å². The van der Waals surface area contributed by atoms with Crippen molar-refractivity contribution in [1.29, 1.82) is 0 Å². The molecule has 0 fully saturated rings. The highest BCUT2D eigenvalue weighted by molar-refractivity contribution is 5.71. The Kier molecular flexibility index (Phi) is 7.76. The third-order valence-electron chi connectivity index (χ3n) is 2.94. The van der Waals surface area contributed by atoms with Crippen LogP contribution < -0.4 is 4.74 Å². The molecule has 22 heavy (non-hydrogen) atoms. The molecule has 0 aromatic heterocycles. The van der Waals surface area contributed by atoms with Crippen LogP contribution in [0.5, 0.6) is 5.75 Å². The number of carbonyl (C=O) groups is 1. The number of ether oxygens (including phenoxy) is 1. The van der Waals surface area contributed by atoms with Gasteiger partial charge in [-0.3, -0.25) is 4.79 Å². The molecule has 0 aliphatic carbocycles. The molecule has 0 amide bonds. The highest BCUT2D eigenvalue weighted by Gasteiger charge is 2.05. The number of allylic oxidation sites excluding steroid dienone is 2. The molecular weight excluding hydrogens is 276 g/mol. The largest absolute Gasteiger partial charge is 0.489 e. The molecule has 1 aromatic carbocycles. The molecule has 0 spiro atoms. The lowest BCUT2D eigenvalue weighted by molar-refractivity contribution is -0.136. The number of carboxylic acids is 1. The van der Waals surface area contributed by atoms with Gasteiger partial charge in [0.2, 0.25) is 0 Å². The van der Waals surface area contributed by atoms with Crippen molar-refractivity contribution in [3.8, 4) is 5.75 Å². The fourth-order valence-corrected chi connectivity index (χ4v) is 1.99. The van der Waals surface area contributed by atoms with Crippen LogP contribution in [0.2, 0.25) is 0 Å². The fraction of sp³-hybridized carbons (Fsp3) is 0.316. The van der Waals surface area contributed by atoms with Gasteiger partial charge in [0.25, 0.3) is 0 Å². The molecule has 1 rings (SSSR count). The molecule has 1 N–H and O–H groups in total. The van der Waals surface area contributed by atoms with Crippen molar-refractivity contribution < 1.29 is 14.6 Å². The van der Waals surface area contributed by atoms with Crippen LogP contribution in [0.1, 0.15) is 37.8 Å². The van der Waals surface area contributed by atoms with Gasteiger partial charge in [0, 0.05) is 0 Å². The minimum absolute atomic E-state index is 0.0123. The van der Waals surface area contributed by atoms with E-state index in [4.69, 9.17) is 9.84 Å². The monoisotopic (exact) mass is 300 g/mol. The zero-order valence-electron chi connectivity index (χ0n) is 13.3. The van der Waals surface area contributed by atoms with Crippen LogP contribution in [0.4, 0.5) is 0 Å². The maximum Gasteiger partial charge on any atom is 0.307 e. The predicted octanol–water partition coefficient (Wildman–Crippen LogP) is 4.64. The lowest BCUT2D eigenvalue weighted by Crippen LogP contribution is -2.03. The summed E-state index contributed by atoms with van der Waals surface area (Å²) in [4.78, 5) is 10.9. The van der Waals surface area contributed by atoms with Crippen LogP contribution in [0.25, 0.3) is 6.08 Å². The highest BCUT2D eigenvalue weighted by Crippen LogP contribution is 2.20. The lowest BCUT2D eigenvalue weighted by atomic mass is 10.1. The van der Waals surface area contributed by atoms with E-state index in [-0.39, 0.29) is 6.42 Å². The van der Waals surface area contributed by atoms with Crippen molar-refractivity contribution in [2.45, 2.75) is 33.1 Å². The Labute approximate surface area is 132 Å². The van der Waals surface area contributed by atoms with Crippen molar-refractivity contribution >= 4 is 12.0 Å². The number of unbranched alkanes of at least 4 members (excludes halogenated alkanes) is 1. The molecular formula is C19H24O3. The van der Waals surface area contributed by atoms with Gasteiger partial charge in [0.1, 0.15) is 12.4 Å². The normalized spacial score (nSPS) is 11.2. The van der Waals surface area contributed by atoms with Gasteiger partial charge in [-0.1, -0.05) is 50.3 Å². The Morgan fingerprint density at radius 3 is 2.77 bits per heavy atom. The second kappa shape index (κ2) is 9.61. The first-order valence-corrected chi connectivity index (χ1v) is 7.50. The van der Waals surface area contributed by atoms with Gasteiger partial charge in [-0.25, -0.2) is 0 Å². The third-order valence-corrected chi connectivity index (χ3v) is 2.94. The summed E-state index contributed by atoms with van der Waals surface area (Å²) in [6, 6.07) is 5.57. The molecule has 0 heterocycles. The van der Waals surface area contributed by atoms with Crippen LogP contribution in [0, 0.1) is 0 Å². The van der Waals surface area contributed by atoms with E-state index < -0.39 is 5.97 Å². The van der Waals surface area contributed by atoms with Crippen molar-refractivity contribution in [2.24, 2.45) is 0 Å². The number of hydrogen-bond donors (Lipinski definition) is 1. The van der Waals surface area contributed by atoms with Crippen LogP contribution in [-0.4, -0.2) is 17.7 Å². The molecule has 0 bridgehead atoms. The summed E-state index contributed by atoms with van der Waals surface area (Å²) in [5.41, 5.74) is 2.56. The number of hydrogen-bond acceptors (Lipinski definition) is 2. The minimum atomic E-state index is -0.848. The van der Waals surface area contributed by atoms with Gasteiger partial charge in [0.15, 0.2) is 0 Å². The van der Waals surface area contributed by atoms with Crippen LogP contribution >= 0.6 is 0 Å². The summed E-state index contributed by atoms with van der Waals surface area (Å²) in [6.45, 7) is 8.32. The second-order valence-corrected chi connectivity index (χ2v) is 5.12. The van der Waals surface area contributed by atoms with E-state index in [1.165, 1.54) is 0 Å². The van der Waals surface area contributed by atoms with Crippen molar-refractivity contribution in [1.82, 2.24) is 0 Å². The average Bonchev–Trinajstić information content (AvgIpc) is 2.45. The predicted molar refractivity (Wildman–Crippen MR) is 91.2 cm³/mol. The number of aliphatic carboxylic acids is 1. The van der Waals surface area contributed by atoms with Gasteiger partial charge >= 0.3 is 5.97 Å². The number of rotatable bonds is 9. The maximum atomic E-state index is 10.9. The average molecular weight is 300 g/mol. The minimum Gasteiger partial charge on any atom is -0.489 e. The first-order valence-electron chi connectivity index (χ1n) is 7.50. The molecule has 0 unspecified atom stereocenters. The summed E-state index contributed by atoms with van der Waals surface area (Å²) in [5.74, 6) is -0.181. The molecule has 3 heteroatoms. The first kappa shape index (κ1) is 17.8. The van der Waals surface area contributed by atoms with E-state index in [9.17, 15) is 4.79 Å². The van der Waals surface area contributed by atoms with Crippen molar-refractivity contribution in [2.75, 3.05) is 6.61 Å². The molecule has 0 atom stereocenters. The summed E-state index contributed by atoms with van der Waals surface area (Å²) in [5, 5.41) is 8.97. The molecule has 0 radical (unpaired) electrons. The Bertz CT molecular complexity index is 568. The van der Waals surface area contributed by atoms with E-state index in [1.807, 2.05) is 37.3 Å². The van der Waals surface area contributed by atoms with Gasteiger partial charge < -0.3 is 9.84 Å². The Hall–Kier alpha value is -2.29. The first-order chi connectivity index (χ1) is 10.5. The maximum absolute atomic E-state index is 10.9. The standard InChI is InChI=1S/C19H24O3/c1-4-6-7-9-16-10-17(13-19(20)21)12-18(11-16)22-14-15(3)8-5-2/h5,7-12H,3-4,6,13-14H2,1-2H3,(H,20,21)/b8-5-,9-7+. The lowest BCUT2D eigenvalue weighted by Gasteiger charge is -2.09. The molecule has 118 valence electrons. The van der Waals surface area contributed by atoms with Crippen LogP contribution in [0.3, 0.4) is 0 Å². The smallest absolute Gasteiger partial charge is 0.307 e. The second-order valence-electron chi connectivity index (χ2n) is 5.12. The molecule has 0 aliphatic heterocycles. The summed E-state index contributed by atoms with van der Waals surface area (Å²) in [6.07, 6.45) is 9.95. The van der Waals surface area contributed by atoms with E-state index in [0.29, 0.717) is 12.4 Å². The Balaban J connectivity index is 2.91. The molecule has 3 nitrogen and oxygen atoms in total. The van der Waals surface area contributed by atoms with Crippen LogP contribution in [0.15, 0.2) is 48.6 Å². The van der Waals surface area contributed by atoms with E-state index in [0.717, 1.165) is 29.5 Å². The zero-order valence-corrected chi connectivity index (χ0v) is 13.3. The summed E-state index contributed by atoms with van der Waals surface area (Å²) >= 11 is 0. The highest BCUT2D eigenvalue weighted by atomic mass is 16.5. The summed E-state index contributed by atoms with van der Waals surface area (Å²) < 4.78 is 5.71. The quantitative estimate of drug-likeness (QED) is 0.676. The van der Waals surface area contributed by atoms with E-state index in [2.05, 4.69) is 19.6 Å². The molecule has 1 aromatic rings. The molecule has 0 saturated heterocycles. The Morgan fingerprint density at radius 2 is 2.14 bits per heavy atom. The number of benzene rings is 1. The fourth-order valence-electron chi connectivity index (χ4n) is 1.99. The zero-order chi connectivity index (χ0) is 16.4.